The third-order valence-corrected chi connectivity index (χ3v) is 2.04. The number of rotatable bonds is 11. The maximum atomic E-state index is 8.49. The van der Waals surface area contributed by atoms with Gasteiger partial charge in [-0.05, 0) is 6.92 Å². The highest BCUT2D eigenvalue weighted by Gasteiger charge is 2.22. The van der Waals surface area contributed by atoms with Gasteiger partial charge in [-0.15, -0.1) is 0 Å². The summed E-state index contributed by atoms with van der Waals surface area (Å²) < 4.78 is 16.0. The molecule has 0 aliphatic heterocycles. The minimum atomic E-state index is -0.619. The SMILES string of the molecule is C=CC(C=C)(COCCOCCO)OCC. The number of aliphatic hydroxyl groups excluding tert-OH is 1. The Balaban J connectivity index is 3.76. The lowest BCUT2D eigenvalue weighted by Crippen LogP contribution is -2.33. The third kappa shape index (κ3) is 6.02. The quantitative estimate of drug-likeness (QED) is 0.427. The van der Waals surface area contributed by atoms with Crippen molar-refractivity contribution in [2.45, 2.75) is 12.5 Å². The molecular formula is C12H22O4. The van der Waals surface area contributed by atoms with E-state index in [1.807, 2.05) is 6.92 Å². The maximum Gasteiger partial charge on any atom is 0.127 e. The molecule has 1 N–H and O–H groups in total. The molecule has 4 nitrogen and oxygen atoms in total. The minimum Gasteiger partial charge on any atom is -0.394 e. The molecule has 16 heavy (non-hydrogen) atoms. The lowest BCUT2D eigenvalue weighted by Gasteiger charge is -2.26. The number of hydrogen-bond acceptors (Lipinski definition) is 4. The molecule has 0 bridgehead atoms. The van der Waals surface area contributed by atoms with Crippen molar-refractivity contribution < 1.29 is 19.3 Å². The fourth-order valence-electron chi connectivity index (χ4n) is 1.15. The molecule has 0 aromatic heterocycles. The molecule has 0 atom stereocenters. The molecule has 4 heteroatoms. The van der Waals surface area contributed by atoms with Gasteiger partial charge in [0, 0.05) is 6.61 Å². The summed E-state index contributed by atoms with van der Waals surface area (Å²) in [5, 5.41) is 8.49. The standard InChI is InChI=1S/C12H22O4/c1-4-12(5-2,16-6-3)11-15-10-9-14-8-7-13/h4-5,13H,1-2,6-11H2,3H3. The molecule has 0 saturated heterocycles. The fourth-order valence-corrected chi connectivity index (χ4v) is 1.15. The number of ether oxygens (including phenoxy) is 3. The second-order valence-electron chi connectivity index (χ2n) is 3.18. The molecule has 0 aromatic carbocycles. The predicted octanol–water partition coefficient (Wildman–Crippen LogP) is 1.16. The lowest BCUT2D eigenvalue weighted by atomic mass is 10.1. The van der Waals surface area contributed by atoms with Crippen molar-refractivity contribution in [3.05, 3.63) is 25.3 Å². The predicted molar refractivity (Wildman–Crippen MR) is 63.5 cm³/mol. The van der Waals surface area contributed by atoms with Gasteiger partial charge in [0.15, 0.2) is 0 Å². The van der Waals surface area contributed by atoms with E-state index < -0.39 is 5.60 Å². The van der Waals surface area contributed by atoms with Gasteiger partial charge in [0.25, 0.3) is 0 Å². The van der Waals surface area contributed by atoms with E-state index in [0.29, 0.717) is 33.0 Å². The molecule has 0 aliphatic rings. The molecule has 94 valence electrons. The van der Waals surface area contributed by atoms with Crippen molar-refractivity contribution in [3.63, 3.8) is 0 Å². The first-order chi connectivity index (χ1) is 7.74. The van der Waals surface area contributed by atoms with E-state index >= 15 is 0 Å². The molecule has 0 unspecified atom stereocenters. The van der Waals surface area contributed by atoms with Gasteiger partial charge in [-0.2, -0.15) is 0 Å². The largest absolute Gasteiger partial charge is 0.394 e. The highest BCUT2D eigenvalue weighted by atomic mass is 16.6. The second kappa shape index (κ2) is 9.54. The van der Waals surface area contributed by atoms with Crippen LogP contribution < -0.4 is 0 Å². The first kappa shape index (κ1) is 15.3. The highest BCUT2D eigenvalue weighted by Crippen LogP contribution is 2.14. The van der Waals surface area contributed by atoms with Crippen molar-refractivity contribution in [1.29, 1.82) is 0 Å². The highest BCUT2D eigenvalue weighted by molar-refractivity contribution is 5.10. The Morgan fingerprint density at radius 2 is 1.75 bits per heavy atom. The van der Waals surface area contributed by atoms with Gasteiger partial charge in [0.1, 0.15) is 5.60 Å². The van der Waals surface area contributed by atoms with Crippen LogP contribution in [0.5, 0.6) is 0 Å². The molecule has 0 radical (unpaired) electrons. The first-order valence-corrected chi connectivity index (χ1v) is 5.42. The molecule has 0 rings (SSSR count). The van der Waals surface area contributed by atoms with Crippen molar-refractivity contribution >= 4 is 0 Å². The maximum absolute atomic E-state index is 8.49. The smallest absolute Gasteiger partial charge is 0.127 e. The zero-order chi connectivity index (χ0) is 12.3. The van der Waals surface area contributed by atoms with Gasteiger partial charge >= 0.3 is 0 Å². The summed E-state index contributed by atoms with van der Waals surface area (Å²) >= 11 is 0. The van der Waals surface area contributed by atoms with E-state index in [4.69, 9.17) is 19.3 Å². The van der Waals surface area contributed by atoms with Crippen LogP contribution >= 0.6 is 0 Å². The molecule has 0 saturated carbocycles. The molecule has 0 heterocycles. The van der Waals surface area contributed by atoms with Crippen LogP contribution in [0.15, 0.2) is 25.3 Å². The molecule has 0 fully saturated rings. The van der Waals surface area contributed by atoms with Crippen molar-refractivity contribution in [3.8, 4) is 0 Å². The van der Waals surface area contributed by atoms with E-state index in [1.165, 1.54) is 0 Å². The monoisotopic (exact) mass is 230 g/mol. The second-order valence-corrected chi connectivity index (χ2v) is 3.18. The Morgan fingerprint density at radius 3 is 2.25 bits per heavy atom. The van der Waals surface area contributed by atoms with Crippen LogP contribution in [0.2, 0.25) is 0 Å². The summed E-state index contributed by atoms with van der Waals surface area (Å²) in [5.41, 5.74) is -0.619. The third-order valence-electron chi connectivity index (χ3n) is 2.04. The average Bonchev–Trinajstić information content (AvgIpc) is 2.32. The lowest BCUT2D eigenvalue weighted by molar-refractivity contribution is -0.0470. The molecule has 0 aromatic rings. The van der Waals surface area contributed by atoms with Crippen LogP contribution in [-0.4, -0.2) is 50.3 Å². The number of aliphatic hydroxyl groups is 1. The zero-order valence-corrected chi connectivity index (χ0v) is 9.98. The summed E-state index contributed by atoms with van der Waals surface area (Å²) in [6.07, 6.45) is 3.36. The van der Waals surface area contributed by atoms with Crippen LogP contribution in [0.4, 0.5) is 0 Å². The van der Waals surface area contributed by atoms with Crippen molar-refractivity contribution in [2.75, 3.05) is 39.6 Å². The van der Waals surface area contributed by atoms with Crippen LogP contribution in [0.25, 0.3) is 0 Å². The van der Waals surface area contributed by atoms with E-state index in [2.05, 4.69) is 13.2 Å². The Hall–Kier alpha value is -0.680. The zero-order valence-electron chi connectivity index (χ0n) is 9.98. The summed E-state index contributed by atoms with van der Waals surface area (Å²) in [4.78, 5) is 0. The van der Waals surface area contributed by atoms with Gasteiger partial charge in [-0.25, -0.2) is 0 Å². The van der Waals surface area contributed by atoms with Crippen LogP contribution in [0.3, 0.4) is 0 Å². The van der Waals surface area contributed by atoms with E-state index in [0.717, 1.165) is 0 Å². The van der Waals surface area contributed by atoms with E-state index in [9.17, 15) is 0 Å². The Labute approximate surface area is 97.5 Å². The molecule has 0 amide bonds. The normalized spacial score (nSPS) is 11.4. The van der Waals surface area contributed by atoms with Crippen molar-refractivity contribution in [1.82, 2.24) is 0 Å². The molecular weight excluding hydrogens is 208 g/mol. The Bertz CT molecular complexity index is 183. The number of hydrogen-bond donors (Lipinski definition) is 1. The summed E-state index contributed by atoms with van der Waals surface area (Å²) in [6.45, 7) is 11.5. The van der Waals surface area contributed by atoms with E-state index in [1.54, 1.807) is 12.2 Å². The topological polar surface area (TPSA) is 47.9 Å². The Morgan fingerprint density at radius 1 is 1.12 bits per heavy atom. The van der Waals surface area contributed by atoms with Gasteiger partial charge in [0.05, 0.1) is 33.0 Å². The fraction of sp³-hybridized carbons (Fsp3) is 0.667. The Kier molecular flexibility index (Phi) is 9.13. The van der Waals surface area contributed by atoms with Crippen LogP contribution in [0, 0.1) is 0 Å². The van der Waals surface area contributed by atoms with E-state index in [-0.39, 0.29) is 6.61 Å². The molecule has 0 aliphatic carbocycles. The van der Waals surface area contributed by atoms with Gasteiger partial charge in [-0.3, -0.25) is 0 Å². The van der Waals surface area contributed by atoms with Crippen molar-refractivity contribution in [2.24, 2.45) is 0 Å². The first-order valence-electron chi connectivity index (χ1n) is 5.42. The molecule has 0 spiro atoms. The van der Waals surface area contributed by atoms with Gasteiger partial charge in [-0.1, -0.05) is 25.3 Å². The van der Waals surface area contributed by atoms with Gasteiger partial charge in [0.2, 0.25) is 0 Å². The average molecular weight is 230 g/mol. The summed E-state index contributed by atoms with van der Waals surface area (Å²) in [5.74, 6) is 0. The van der Waals surface area contributed by atoms with Crippen LogP contribution in [-0.2, 0) is 14.2 Å². The summed E-state index contributed by atoms with van der Waals surface area (Å²) in [6, 6.07) is 0. The van der Waals surface area contributed by atoms with Crippen LogP contribution in [0.1, 0.15) is 6.92 Å². The summed E-state index contributed by atoms with van der Waals surface area (Å²) in [7, 11) is 0. The van der Waals surface area contributed by atoms with Gasteiger partial charge < -0.3 is 19.3 Å². The minimum absolute atomic E-state index is 0.0300.